The number of nitrogen functional groups attached to an aromatic ring is 2. The Morgan fingerprint density at radius 2 is 1.47 bits per heavy atom. The van der Waals surface area contributed by atoms with E-state index >= 15 is 0 Å². The highest BCUT2D eigenvalue weighted by Crippen LogP contribution is 2.63. The second-order valence-electron chi connectivity index (χ2n) is 12.6. The van der Waals surface area contributed by atoms with Gasteiger partial charge in [0.05, 0.1) is 32.3 Å². The summed E-state index contributed by atoms with van der Waals surface area (Å²) in [4.78, 5) is 81.1. The number of imidazole rings is 1. The van der Waals surface area contributed by atoms with Gasteiger partial charge < -0.3 is 74.5 Å². The first-order valence-electron chi connectivity index (χ1n) is 15.8. The highest BCUT2D eigenvalue weighted by molar-refractivity contribution is 7.65. The number of anilines is 4. The lowest BCUT2D eigenvalue weighted by Gasteiger charge is -2.35. The standard InChI is InChI=1S/C24H37N10O18P3/c1-8(2)48-16-10(50-22(15(16)37)33-6-27-11-17(33)28-23(25)30-19(11)38)5-47-54(42,43)52-55(44,45)51-53(40,41)46-4-9-13(35)14(36)21(49-9)34-7-32(3)12-18(34)29-24(26)31-20(12)39/h6,8-10,13-16,21-22,35-37H,4-5,7H2,1-3H3,(H,40,41)(H,42,43)(H,44,45)(H3,25,28,30,38)(H3,26,29,31,39)/p-3/t9-,10-,13+,14?,15+,16?,21-,22-/m1/s1. The Morgan fingerprint density at radius 1 is 0.891 bits per heavy atom. The van der Waals surface area contributed by atoms with Gasteiger partial charge in [-0.1, -0.05) is 0 Å². The predicted molar refractivity (Wildman–Crippen MR) is 175 cm³/mol. The number of hydrogen-bond donors (Lipinski definition) is 7. The molecule has 306 valence electrons. The van der Waals surface area contributed by atoms with Crippen LogP contribution in [0.1, 0.15) is 20.1 Å². The number of ether oxygens (including phenoxy) is 3. The van der Waals surface area contributed by atoms with Crippen LogP contribution >= 0.6 is 23.5 Å². The zero-order valence-electron chi connectivity index (χ0n) is 28.5. The summed E-state index contributed by atoms with van der Waals surface area (Å²) in [5, 5.41) is 32.2. The van der Waals surface area contributed by atoms with Crippen molar-refractivity contribution in [2.75, 3.05) is 48.2 Å². The molecule has 6 heterocycles. The average Bonchev–Trinajstić information content (AvgIpc) is 3.77. The molecule has 6 rings (SSSR count). The van der Waals surface area contributed by atoms with Crippen molar-refractivity contribution in [3.8, 4) is 0 Å². The lowest BCUT2D eigenvalue weighted by molar-refractivity contribution is -0.252. The van der Waals surface area contributed by atoms with Gasteiger partial charge in [0.15, 0.2) is 29.4 Å². The molecule has 3 aliphatic heterocycles. The Labute approximate surface area is 307 Å². The van der Waals surface area contributed by atoms with E-state index in [1.54, 1.807) is 13.8 Å². The van der Waals surface area contributed by atoms with Crippen LogP contribution in [0.4, 0.5) is 23.4 Å². The van der Waals surface area contributed by atoms with Crippen LogP contribution in [-0.4, -0.2) is 121 Å². The summed E-state index contributed by atoms with van der Waals surface area (Å²) in [6.07, 6.45) is -12.0. The molecule has 11 atom stereocenters. The first-order chi connectivity index (χ1) is 25.6. The van der Waals surface area contributed by atoms with Gasteiger partial charge in [0, 0.05) is 7.05 Å². The number of nitrogens with one attached hydrogen (secondary N) is 2. The molecule has 9 N–H and O–H groups in total. The van der Waals surface area contributed by atoms with Gasteiger partial charge in [0.2, 0.25) is 11.9 Å². The second kappa shape index (κ2) is 15.2. The number of nitrogens with two attached hydrogens (primary N) is 2. The first-order valence-corrected chi connectivity index (χ1v) is 20.2. The van der Waals surface area contributed by atoms with Crippen molar-refractivity contribution >= 4 is 58.0 Å². The molecule has 2 fully saturated rings. The number of H-pyrrole nitrogens is 2. The van der Waals surface area contributed by atoms with Gasteiger partial charge in [0.25, 0.3) is 34.6 Å². The van der Waals surface area contributed by atoms with Gasteiger partial charge in [-0.25, -0.2) is 13.6 Å². The molecule has 0 saturated carbocycles. The first kappa shape index (κ1) is 41.2. The molecular weight excluding hydrogens is 809 g/mol. The molecule has 3 aliphatic rings. The minimum absolute atomic E-state index is 0.0286. The fourth-order valence-corrected chi connectivity index (χ4v) is 9.42. The molecule has 0 aliphatic carbocycles. The number of aromatic amines is 2. The van der Waals surface area contributed by atoms with Crippen LogP contribution in [0.5, 0.6) is 0 Å². The summed E-state index contributed by atoms with van der Waals surface area (Å²) < 4.78 is 72.3. The van der Waals surface area contributed by atoms with Gasteiger partial charge in [0.1, 0.15) is 42.3 Å². The van der Waals surface area contributed by atoms with Gasteiger partial charge in [-0.05, 0) is 13.8 Å². The molecule has 31 heteroatoms. The molecule has 0 aromatic carbocycles. The predicted octanol–water partition coefficient (Wildman–Crippen LogP) is -4.75. The highest BCUT2D eigenvalue weighted by Gasteiger charge is 2.50. The van der Waals surface area contributed by atoms with Crippen LogP contribution in [-0.2, 0) is 45.6 Å². The third-order valence-corrected chi connectivity index (χ3v) is 12.3. The van der Waals surface area contributed by atoms with Gasteiger partial charge in [-0.15, -0.1) is 0 Å². The monoisotopic (exact) mass is 843 g/mol. The van der Waals surface area contributed by atoms with Gasteiger partial charge in [-0.2, -0.15) is 9.97 Å². The number of aromatic nitrogens is 6. The Bertz CT molecular complexity index is 2190. The van der Waals surface area contributed by atoms with Crippen LogP contribution < -0.4 is 47.1 Å². The van der Waals surface area contributed by atoms with Crippen molar-refractivity contribution in [2.45, 2.75) is 69.0 Å². The largest absolute Gasteiger partial charge is 0.756 e. The number of aliphatic hydroxyl groups is 3. The van der Waals surface area contributed by atoms with E-state index in [-0.39, 0.29) is 41.2 Å². The topological polar surface area (TPSA) is 414 Å². The van der Waals surface area contributed by atoms with Crippen molar-refractivity contribution in [3.63, 3.8) is 0 Å². The molecule has 0 amide bonds. The summed E-state index contributed by atoms with van der Waals surface area (Å²) in [6.45, 7) is 0.833. The smallest absolute Gasteiger partial charge is 0.280 e. The molecule has 2 saturated heterocycles. The summed E-state index contributed by atoms with van der Waals surface area (Å²) in [7, 11) is -16.9. The van der Waals surface area contributed by atoms with Crippen molar-refractivity contribution in [3.05, 3.63) is 27.0 Å². The number of fused-ring (bicyclic) bond motifs is 2. The number of nitrogens with zero attached hydrogens (tertiary/aromatic N) is 6. The quantitative estimate of drug-likeness (QED) is 0.0749. The molecule has 0 radical (unpaired) electrons. The van der Waals surface area contributed by atoms with Gasteiger partial charge in [-0.3, -0.25) is 37.8 Å². The summed E-state index contributed by atoms with van der Waals surface area (Å²) >= 11 is 0. The maximum Gasteiger partial charge on any atom is 0.280 e. The van der Waals surface area contributed by atoms with E-state index in [9.17, 15) is 53.3 Å². The van der Waals surface area contributed by atoms with E-state index < -0.39 is 103 Å². The van der Waals surface area contributed by atoms with E-state index in [0.717, 1.165) is 10.9 Å². The summed E-state index contributed by atoms with van der Waals surface area (Å²) in [5.41, 5.74) is 9.68. The molecule has 0 bridgehead atoms. The average molecular weight is 844 g/mol. The highest BCUT2D eigenvalue weighted by atomic mass is 31.3. The van der Waals surface area contributed by atoms with E-state index in [1.165, 1.54) is 16.8 Å². The van der Waals surface area contributed by atoms with E-state index in [2.05, 4.69) is 42.6 Å². The Kier molecular flexibility index (Phi) is 11.4. The van der Waals surface area contributed by atoms with Crippen molar-refractivity contribution in [2.24, 2.45) is 0 Å². The Hall–Kier alpha value is -3.40. The summed E-state index contributed by atoms with van der Waals surface area (Å²) in [5.74, 6) is -0.592. The van der Waals surface area contributed by atoms with E-state index in [4.69, 9.17) is 25.7 Å². The molecule has 28 nitrogen and oxygen atoms in total. The van der Waals surface area contributed by atoms with E-state index in [1.807, 2.05) is 0 Å². The number of rotatable bonds is 14. The number of phosphoric ester groups is 2. The van der Waals surface area contributed by atoms with E-state index in [0.29, 0.717) is 0 Å². The van der Waals surface area contributed by atoms with Crippen LogP contribution in [0.2, 0.25) is 0 Å². The number of aliphatic hydroxyl groups excluding tert-OH is 3. The SMILES string of the molecule is CC(C)OC1[C@@H](COP(=O)([O-])OP(=O)([O-])OP(=O)([O-])OC[C@H]2O[C@@H](N3CN(C)c4c3nc(N)[nH]c4=O)C(O)[C@H]2O)O[C@@H](n2cnc3c(=O)[nH]c(N)nc32)[C@H]1O. The number of phosphoric acid groups is 3. The third kappa shape index (κ3) is 8.64. The minimum Gasteiger partial charge on any atom is -0.756 e. The molecule has 0 spiro atoms. The fourth-order valence-electron chi connectivity index (χ4n) is 6.04. The normalized spacial score (nSPS) is 30.1. The fraction of sp³-hybridized carbons (Fsp3) is 0.625. The zero-order valence-corrected chi connectivity index (χ0v) is 31.2. The lowest BCUT2D eigenvalue weighted by atomic mass is 10.1. The van der Waals surface area contributed by atoms with Crippen LogP contribution in [0, 0.1) is 0 Å². The number of hydrogen-bond acceptors (Lipinski definition) is 25. The second-order valence-corrected chi connectivity index (χ2v) is 17.1. The van der Waals surface area contributed by atoms with Crippen molar-refractivity contribution in [1.29, 1.82) is 0 Å². The maximum absolute atomic E-state index is 12.6. The molecular formula is C24H34N10O18P3-3. The third-order valence-electron chi connectivity index (χ3n) is 8.21. The molecule has 55 heavy (non-hydrogen) atoms. The van der Waals surface area contributed by atoms with Crippen molar-refractivity contribution in [1.82, 2.24) is 29.5 Å². The van der Waals surface area contributed by atoms with Crippen molar-refractivity contribution < 1.29 is 75.6 Å². The molecule has 3 aromatic rings. The van der Waals surface area contributed by atoms with Gasteiger partial charge >= 0.3 is 0 Å². The minimum atomic E-state index is -6.36. The molecule has 3 aromatic heterocycles. The molecule has 5 unspecified atom stereocenters. The summed E-state index contributed by atoms with van der Waals surface area (Å²) in [6, 6.07) is 0. The van der Waals surface area contributed by atoms with Crippen LogP contribution in [0.15, 0.2) is 15.9 Å². The maximum atomic E-state index is 12.6. The Morgan fingerprint density at radius 3 is 2.11 bits per heavy atom. The zero-order chi connectivity index (χ0) is 40.4. The Balaban J connectivity index is 1.06. The lowest BCUT2D eigenvalue weighted by Crippen LogP contribution is -2.45. The van der Waals surface area contributed by atoms with Crippen LogP contribution in [0.3, 0.4) is 0 Å². The van der Waals surface area contributed by atoms with Crippen LogP contribution in [0.25, 0.3) is 11.2 Å².